The van der Waals surface area contributed by atoms with Gasteiger partial charge < -0.3 is 9.00 Å². The van der Waals surface area contributed by atoms with Crippen LogP contribution in [-0.2, 0) is 10.4 Å². The Kier molecular flexibility index (Phi) is 28.4. The van der Waals surface area contributed by atoms with Crippen LogP contribution < -0.4 is 109 Å². The van der Waals surface area contributed by atoms with Gasteiger partial charge in [0.05, 0.1) is 0 Å². The largest absolute Gasteiger partial charge is 1.00 e. The Morgan fingerprint density at radius 2 is 1.12 bits per heavy atom. The second-order valence-electron chi connectivity index (χ2n) is 0.448. The van der Waals surface area contributed by atoms with Crippen LogP contribution in [-0.4, -0.2) is 17.5 Å². The topological polar surface area (TPSA) is 110 Å². The minimum absolute atomic E-state index is 0. The summed E-state index contributed by atoms with van der Waals surface area (Å²) >= 11 is 0. The number of hydrogen-bond donors (Lipinski definition) is 3. The van der Waals surface area contributed by atoms with Crippen molar-refractivity contribution in [3.05, 3.63) is 0 Å². The molecule has 0 aliphatic heterocycles. The molecule has 0 atom stereocenters. The maximum atomic E-state index is 8.74. The van der Waals surface area contributed by atoms with Gasteiger partial charge in [-0.2, -0.15) is 8.42 Å². The van der Waals surface area contributed by atoms with E-state index in [2.05, 4.69) is 0 Å². The normalized spacial score (nSPS) is 7.25. The molecule has 0 bridgehead atoms. The zero-order valence-corrected chi connectivity index (χ0v) is 11.9. The molecule has 0 saturated heterocycles. The number of rotatable bonds is 0. The van der Waals surface area contributed by atoms with Crippen LogP contribution in [0.25, 0.3) is 0 Å². The number of hydrogen-bond acceptors (Lipinski definition) is 3. The standard InChI is InChI=1S/2K.H3N.H2O4S.2H/c;;;1-5(2,3)4;;/h;;1H3;(H2,1,2,3,4);;/q2*+1;;;2*-1. The van der Waals surface area contributed by atoms with Gasteiger partial charge in [-0.3, -0.25) is 9.11 Å². The zero-order valence-electron chi connectivity index (χ0n) is 6.83. The van der Waals surface area contributed by atoms with Gasteiger partial charge >= 0.3 is 113 Å². The Balaban J connectivity index is -0.00000000800. The van der Waals surface area contributed by atoms with Crippen molar-refractivity contribution in [3.63, 3.8) is 0 Å². The Hall–Kier alpha value is 3.10. The van der Waals surface area contributed by atoms with Crippen molar-refractivity contribution >= 4 is 10.4 Å². The molecule has 0 radical (unpaired) electrons. The maximum Gasteiger partial charge on any atom is 1.00 e. The van der Waals surface area contributed by atoms with Crippen LogP contribution in [0.2, 0.25) is 0 Å². The van der Waals surface area contributed by atoms with E-state index in [1.165, 1.54) is 0 Å². The zero-order chi connectivity index (χ0) is 4.50. The summed E-state index contributed by atoms with van der Waals surface area (Å²) in [6.07, 6.45) is 0. The van der Waals surface area contributed by atoms with E-state index in [4.69, 9.17) is 17.5 Å². The second kappa shape index (κ2) is 10.1. The van der Waals surface area contributed by atoms with Crippen molar-refractivity contribution in [2.24, 2.45) is 0 Å². The average molecular weight is 195 g/mol. The van der Waals surface area contributed by atoms with Gasteiger partial charge in [0, 0.05) is 0 Å². The Morgan fingerprint density at radius 3 is 1.12 bits per heavy atom. The van der Waals surface area contributed by atoms with E-state index in [0.717, 1.165) is 0 Å². The van der Waals surface area contributed by atoms with E-state index in [-0.39, 0.29) is 112 Å². The first-order valence-electron chi connectivity index (χ1n) is 0.698. The van der Waals surface area contributed by atoms with Gasteiger partial charge in [0.15, 0.2) is 0 Å². The maximum absolute atomic E-state index is 8.74. The Bertz CT molecular complexity index is 104. The smallest absolute Gasteiger partial charge is 1.00 e. The molecule has 8 heavy (non-hydrogen) atoms. The molecule has 0 heterocycles. The van der Waals surface area contributed by atoms with Crippen molar-refractivity contribution in [2.45, 2.75) is 0 Å². The van der Waals surface area contributed by atoms with E-state index < -0.39 is 10.4 Å². The average Bonchev–Trinajstić information content (AvgIpc) is 0.722. The molecule has 0 rings (SSSR count). The molecule has 0 aromatic rings. The third-order valence-corrected chi connectivity index (χ3v) is 0. The minimum Gasteiger partial charge on any atom is -1.00 e. The summed E-state index contributed by atoms with van der Waals surface area (Å²) in [4.78, 5) is 0. The molecule has 44 valence electrons. The molecule has 0 aromatic heterocycles. The van der Waals surface area contributed by atoms with Gasteiger partial charge in [0.25, 0.3) is 0 Å². The first kappa shape index (κ1) is 22.5. The molecule has 8 heteroatoms. The fourth-order valence-corrected chi connectivity index (χ4v) is 0. The van der Waals surface area contributed by atoms with Crippen LogP contribution in [0.4, 0.5) is 0 Å². The third kappa shape index (κ3) is 62.1. The summed E-state index contributed by atoms with van der Waals surface area (Å²) in [6, 6.07) is 0. The van der Waals surface area contributed by atoms with Gasteiger partial charge in [0.2, 0.25) is 0 Å². The molecule has 0 saturated carbocycles. The summed E-state index contributed by atoms with van der Waals surface area (Å²) in [5.41, 5.74) is 0. The van der Waals surface area contributed by atoms with Crippen LogP contribution in [0.1, 0.15) is 2.85 Å². The van der Waals surface area contributed by atoms with Crippen molar-refractivity contribution < 1.29 is 123 Å². The molecular formula is H7K2NO4S. The summed E-state index contributed by atoms with van der Waals surface area (Å²) in [5.74, 6) is 0. The van der Waals surface area contributed by atoms with Crippen LogP contribution in [0.3, 0.4) is 0 Å². The summed E-state index contributed by atoms with van der Waals surface area (Å²) < 4.78 is 31.6. The van der Waals surface area contributed by atoms with Crippen LogP contribution in [0.5, 0.6) is 0 Å². The Labute approximate surface area is 136 Å². The van der Waals surface area contributed by atoms with E-state index in [1.54, 1.807) is 0 Å². The fourth-order valence-electron chi connectivity index (χ4n) is 0. The first-order valence-corrected chi connectivity index (χ1v) is 2.10. The van der Waals surface area contributed by atoms with Crippen molar-refractivity contribution in [2.75, 3.05) is 0 Å². The summed E-state index contributed by atoms with van der Waals surface area (Å²) in [5, 5.41) is 0. The first-order chi connectivity index (χ1) is 2.00. The molecule has 0 aliphatic rings. The van der Waals surface area contributed by atoms with Crippen molar-refractivity contribution in [1.29, 1.82) is 0 Å². The van der Waals surface area contributed by atoms with Gasteiger partial charge in [-0.05, 0) is 0 Å². The Morgan fingerprint density at radius 1 is 1.12 bits per heavy atom. The third-order valence-electron chi connectivity index (χ3n) is 0. The molecule has 0 aromatic carbocycles. The van der Waals surface area contributed by atoms with Gasteiger partial charge in [0.1, 0.15) is 0 Å². The molecule has 0 fully saturated rings. The predicted octanol–water partition coefficient (Wildman–Crippen LogP) is -6.26. The molecule has 5 N–H and O–H groups in total. The molecule has 0 spiro atoms. The van der Waals surface area contributed by atoms with Crippen LogP contribution in [0.15, 0.2) is 0 Å². The molecule has 0 aliphatic carbocycles. The van der Waals surface area contributed by atoms with E-state index in [0.29, 0.717) is 0 Å². The van der Waals surface area contributed by atoms with E-state index in [9.17, 15) is 0 Å². The summed E-state index contributed by atoms with van der Waals surface area (Å²) in [7, 11) is -4.67. The second-order valence-corrected chi connectivity index (χ2v) is 1.34. The van der Waals surface area contributed by atoms with Crippen molar-refractivity contribution in [3.8, 4) is 0 Å². The predicted molar refractivity (Wildman–Crippen MR) is 21.4 cm³/mol. The molecule has 5 nitrogen and oxygen atoms in total. The SMILES string of the molecule is N.O=S(=O)(O)O.[H-].[H-].[K+].[K+]. The van der Waals surface area contributed by atoms with Gasteiger partial charge in [-0.15, -0.1) is 0 Å². The van der Waals surface area contributed by atoms with Crippen molar-refractivity contribution in [1.82, 2.24) is 6.15 Å². The molecular weight excluding hydrogens is 188 g/mol. The van der Waals surface area contributed by atoms with Gasteiger partial charge in [-0.25, -0.2) is 0 Å². The monoisotopic (exact) mass is 195 g/mol. The van der Waals surface area contributed by atoms with Crippen LogP contribution >= 0.6 is 0 Å². The fraction of sp³-hybridized carbons (Fsp3) is 0. The molecule has 0 unspecified atom stereocenters. The van der Waals surface area contributed by atoms with Crippen LogP contribution in [0, 0.1) is 0 Å². The minimum atomic E-state index is -4.67. The molecule has 0 amide bonds. The quantitative estimate of drug-likeness (QED) is 0.263. The van der Waals surface area contributed by atoms with E-state index >= 15 is 0 Å². The van der Waals surface area contributed by atoms with Gasteiger partial charge in [-0.1, -0.05) is 0 Å². The van der Waals surface area contributed by atoms with E-state index in [1.807, 2.05) is 0 Å². The summed E-state index contributed by atoms with van der Waals surface area (Å²) in [6.45, 7) is 0.